The van der Waals surface area contributed by atoms with E-state index < -0.39 is 0 Å². The maximum absolute atomic E-state index is 12.2. The van der Waals surface area contributed by atoms with Crippen LogP contribution in [-0.4, -0.2) is 29.8 Å². The Morgan fingerprint density at radius 3 is 2.88 bits per heavy atom. The van der Waals surface area contributed by atoms with Gasteiger partial charge < -0.3 is 4.90 Å². The summed E-state index contributed by atoms with van der Waals surface area (Å²) in [5.74, 6) is 0.588. The summed E-state index contributed by atoms with van der Waals surface area (Å²) in [5, 5.41) is 0. The first-order chi connectivity index (χ1) is 8.13. The zero-order valence-electron chi connectivity index (χ0n) is 10.3. The molecule has 1 aromatic rings. The molecule has 0 aliphatic heterocycles. The molecule has 4 heteroatoms. The van der Waals surface area contributed by atoms with Gasteiger partial charge in [-0.15, -0.1) is 22.9 Å². The van der Waals surface area contributed by atoms with Gasteiger partial charge in [-0.1, -0.05) is 0 Å². The van der Waals surface area contributed by atoms with Gasteiger partial charge in [-0.3, -0.25) is 4.79 Å². The van der Waals surface area contributed by atoms with Crippen molar-refractivity contribution in [3.63, 3.8) is 0 Å². The highest BCUT2D eigenvalue weighted by Gasteiger charge is 2.21. The van der Waals surface area contributed by atoms with Gasteiger partial charge in [0.2, 0.25) is 0 Å². The lowest BCUT2D eigenvalue weighted by atomic mass is 9.99. The fraction of sp³-hybridized carbons (Fsp3) is 0.615. The Labute approximate surface area is 112 Å². The maximum Gasteiger partial charge on any atom is 0.263 e. The van der Waals surface area contributed by atoms with E-state index in [-0.39, 0.29) is 11.9 Å². The highest BCUT2D eigenvalue weighted by atomic mass is 35.5. The van der Waals surface area contributed by atoms with E-state index in [0.29, 0.717) is 5.88 Å². The van der Waals surface area contributed by atoms with Crippen LogP contribution in [0.25, 0.3) is 0 Å². The lowest BCUT2D eigenvalue weighted by Crippen LogP contribution is -2.35. The second kappa shape index (κ2) is 5.40. The SMILES string of the molecule is CC(CCl)N(C)C(=O)c1cc2c(s1)CCCC2. The van der Waals surface area contributed by atoms with Gasteiger partial charge in [0.15, 0.2) is 0 Å². The molecule has 94 valence electrons. The number of rotatable bonds is 3. The molecule has 0 N–H and O–H groups in total. The zero-order valence-corrected chi connectivity index (χ0v) is 11.9. The number of fused-ring (bicyclic) bond motifs is 1. The van der Waals surface area contributed by atoms with Crippen molar-refractivity contribution in [3.8, 4) is 0 Å². The Kier molecular flexibility index (Phi) is 4.10. The van der Waals surface area contributed by atoms with Crippen molar-refractivity contribution in [1.29, 1.82) is 0 Å². The van der Waals surface area contributed by atoms with Crippen LogP contribution in [0.3, 0.4) is 0 Å². The molecule has 1 atom stereocenters. The van der Waals surface area contributed by atoms with E-state index in [4.69, 9.17) is 11.6 Å². The Bertz CT molecular complexity index is 392. The Morgan fingerprint density at radius 1 is 1.53 bits per heavy atom. The second-order valence-corrected chi connectivity index (χ2v) is 6.13. The first-order valence-corrected chi connectivity index (χ1v) is 7.43. The van der Waals surface area contributed by atoms with Gasteiger partial charge in [-0.05, 0) is 44.2 Å². The van der Waals surface area contributed by atoms with Crippen molar-refractivity contribution in [2.24, 2.45) is 0 Å². The summed E-state index contributed by atoms with van der Waals surface area (Å²) in [7, 11) is 1.83. The largest absolute Gasteiger partial charge is 0.337 e. The van der Waals surface area contributed by atoms with Gasteiger partial charge in [0.05, 0.1) is 4.88 Å². The van der Waals surface area contributed by atoms with Crippen LogP contribution in [0.1, 0.15) is 39.9 Å². The quantitative estimate of drug-likeness (QED) is 0.773. The minimum Gasteiger partial charge on any atom is -0.337 e. The molecule has 2 rings (SSSR count). The lowest BCUT2D eigenvalue weighted by Gasteiger charge is -2.22. The summed E-state index contributed by atoms with van der Waals surface area (Å²) in [4.78, 5) is 16.3. The van der Waals surface area contributed by atoms with Crippen LogP contribution in [0.4, 0.5) is 0 Å². The monoisotopic (exact) mass is 271 g/mol. The van der Waals surface area contributed by atoms with Gasteiger partial charge in [-0.25, -0.2) is 0 Å². The lowest BCUT2D eigenvalue weighted by molar-refractivity contribution is 0.0761. The molecule has 0 radical (unpaired) electrons. The molecule has 2 nitrogen and oxygen atoms in total. The summed E-state index contributed by atoms with van der Waals surface area (Å²) in [6.07, 6.45) is 4.79. The number of alkyl halides is 1. The highest BCUT2D eigenvalue weighted by Crippen LogP contribution is 2.30. The van der Waals surface area contributed by atoms with Gasteiger partial charge in [-0.2, -0.15) is 0 Å². The van der Waals surface area contributed by atoms with Crippen molar-refractivity contribution in [2.45, 2.75) is 38.6 Å². The van der Waals surface area contributed by atoms with Crippen molar-refractivity contribution in [2.75, 3.05) is 12.9 Å². The maximum atomic E-state index is 12.2. The van der Waals surface area contributed by atoms with Crippen LogP contribution in [0.15, 0.2) is 6.07 Å². The van der Waals surface area contributed by atoms with Crippen LogP contribution >= 0.6 is 22.9 Å². The first kappa shape index (κ1) is 12.9. The third-order valence-electron chi connectivity index (χ3n) is 3.41. The number of nitrogens with zero attached hydrogens (tertiary/aromatic N) is 1. The van der Waals surface area contributed by atoms with E-state index in [9.17, 15) is 4.79 Å². The number of hydrogen-bond donors (Lipinski definition) is 0. The molecule has 0 fully saturated rings. The molecule has 1 unspecified atom stereocenters. The van der Waals surface area contributed by atoms with Crippen LogP contribution in [0.5, 0.6) is 0 Å². The summed E-state index contributed by atoms with van der Waals surface area (Å²) >= 11 is 7.45. The molecule has 1 aliphatic carbocycles. The summed E-state index contributed by atoms with van der Waals surface area (Å²) in [6.45, 7) is 1.97. The zero-order chi connectivity index (χ0) is 12.4. The predicted octanol–water partition coefficient (Wildman–Crippen LogP) is 3.33. The standard InChI is InChI=1S/C13H18ClNOS/c1-9(8-14)15(2)13(16)12-7-10-5-3-4-6-11(10)17-12/h7,9H,3-6,8H2,1-2H3. The topological polar surface area (TPSA) is 20.3 Å². The van der Waals surface area contributed by atoms with Gasteiger partial charge in [0.1, 0.15) is 0 Å². The van der Waals surface area contributed by atoms with Crippen LogP contribution < -0.4 is 0 Å². The van der Waals surface area contributed by atoms with Crippen molar-refractivity contribution in [3.05, 3.63) is 21.4 Å². The summed E-state index contributed by atoms with van der Waals surface area (Å²) in [5.41, 5.74) is 1.39. The summed E-state index contributed by atoms with van der Waals surface area (Å²) < 4.78 is 0. The van der Waals surface area contributed by atoms with Crippen LogP contribution in [0, 0.1) is 0 Å². The molecule has 1 heterocycles. The van der Waals surface area contributed by atoms with Crippen molar-refractivity contribution < 1.29 is 4.79 Å². The molecular formula is C13H18ClNOS. The van der Waals surface area contributed by atoms with Crippen molar-refractivity contribution in [1.82, 2.24) is 4.90 Å². The molecule has 1 aliphatic rings. The average Bonchev–Trinajstić information content (AvgIpc) is 2.79. The van der Waals surface area contributed by atoms with E-state index in [1.54, 1.807) is 16.2 Å². The highest BCUT2D eigenvalue weighted by molar-refractivity contribution is 7.14. The first-order valence-electron chi connectivity index (χ1n) is 6.08. The molecule has 0 spiro atoms. The number of carbonyl (C=O) groups excluding carboxylic acids is 1. The molecular weight excluding hydrogens is 254 g/mol. The second-order valence-electron chi connectivity index (χ2n) is 4.69. The number of carbonyl (C=O) groups is 1. The number of hydrogen-bond acceptors (Lipinski definition) is 2. The molecule has 0 saturated heterocycles. The Balaban J connectivity index is 2.17. The Morgan fingerprint density at radius 2 is 2.24 bits per heavy atom. The smallest absolute Gasteiger partial charge is 0.263 e. The van der Waals surface area contributed by atoms with Gasteiger partial charge in [0, 0.05) is 23.8 Å². The molecule has 17 heavy (non-hydrogen) atoms. The van der Waals surface area contributed by atoms with E-state index in [1.165, 1.54) is 23.3 Å². The number of halogens is 1. The molecule has 0 aromatic carbocycles. The van der Waals surface area contributed by atoms with E-state index in [2.05, 4.69) is 6.07 Å². The van der Waals surface area contributed by atoms with E-state index in [1.807, 2.05) is 14.0 Å². The minimum absolute atomic E-state index is 0.0864. The number of thiophene rings is 1. The number of aryl methyl sites for hydroxylation is 2. The number of amides is 1. The van der Waals surface area contributed by atoms with Gasteiger partial charge in [0.25, 0.3) is 5.91 Å². The molecule has 1 amide bonds. The molecule has 0 bridgehead atoms. The average molecular weight is 272 g/mol. The van der Waals surface area contributed by atoms with E-state index >= 15 is 0 Å². The third-order valence-corrected chi connectivity index (χ3v) is 5.08. The Hall–Kier alpha value is -0.540. The minimum atomic E-state index is 0.0864. The predicted molar refractivity (Wildman–Crippen MR) is 73.2 cm³/mol. The van der Waals surface area contributed by atoms with Gasteiger partial charge >= 0.3 is 0 Å². The molecule has 1 aromatic heterocycles. The van der Waals surface area contributed by atoms with Crippen LogP contribution in [-0.2, 0) is 12.8 Å². The van der Waals surface area contributed by atoms with Crippen LogP contribution in [0.2, 0.25) is 0 Å². The third kappa shape index (κ3) is 2.66. The fourth-order valence-corrected chi connectivity index (χ4v) is 3.52. The van der Waals surface area contributed by atoms with Crippen molar-refractivity contribution >= 4 is 28.8 Å². The molecule has 0 saturated carbocycles. The summed E-state index contributed by atoms with van der Waals surface area (Å²) in [6, 6.07) is 2.17. The normalized spacial score (nSPS) is 16.4. The van der Waals surface area contributed by atoms with E-state index in [0.717, 1.165) is 17.7 Å². The fourth-order valence-electron chi connectivity index (χ4n) is 2.07.